The zero-order chi connectivity index (χ0) is 21.1. The molecule has 0 fully saturated rings. The summed E-state index contributed by atoms with van der Waals surface area (Å²) >= 11 is 3.33. The number of ether oxygens (including phenoxy) is 1. The molecule has 4 aromatic rings. The number of aromatic nitrogens is 1. The predicted octanol–water partition coefficient (Wildman–Crippen LogP) is 4.97. The van der Waals surface area contributed by atoms with Crippen molar-refractivity contribution < 1.29 is 23.8 Å². The van der Waals surface area contributed by atoms with Gasteiger partial charge in [0.05, 0.1) is 5.56 Å². The molecule has 30 heavy (non-hydrogen) atoms. The molecule has 3 aromatic carbocycles. The molecule has 0 aliphatic heterocycles. The molecule has 0 bridgehead atoms. The third-order valence-corrected chi connectivity index (χ3v) is 4.75. The quantitative estimate of drug-likeness (QED) is 0.415. The zero-order valence-corrected chi connectivity index (χ0v) is 17.0. The average molecular weight is 467 g/mol. The minimum Gasteiger partial charge on any atom is -0.481 e. The van der Waals surface area contributed by atoms with Crippen LogP contribution in [0.1, 0.15) is 10.4 Å². The van der Waals surface area contributed by atoms with E-state index in [1.165, 1.54) is 0 Å². The van der Waals surface area contributed by atoms with Crippen LogP contribution in [-0.4, -0.2) is 28.6 Å². The second-order valence-electron chi connectivity index (χ2n) is 6.34. The Morgan fingerprint density at radius 3 is 2.57 bits per heavy atom. The number of para-hydroxylation sites is 2. The van der Waals surface area contributed by atoms with Crippen LogP contribution in [0.3, 0.4) is 0 Å². The molecule has 0 atom stereocenters. The molecular formula is C22H15BrN2O5. The number of nitrogens with zero attached hydrogens (tertiary/aromatic N) is 1. The van der Waals surface area contributed by atoms with Gasteiger partial charge in [-0.2, -0.15) is 0 Å². The number of fused-ring (bicyclic) bond motifs is 1. The van der Waals surface area contributed by atoms with Crippen LogP contribution < -0.4 is 10.1 Å². The lowest BCUT2D eigenvalue weighted by Crippen LogP contribution is -2.13. The van der Waals surface area contributed by atoms with Gasteiger partial charge in [-0.15, -0.1) is 0 Å². The van der Waals surface area contributed by atoms with Gasteiger partial charge in [-0.25, -0.2) is 9.78 Å². The first kappa shape index (κ1) is 19.7. The molecule has 0 spiro atoms. The zero-order valence-electron chi connectivity index (χ0n) is 15.5. The van der Waals surface area contributed by atoms with Gasteiger partial charge in [0.15, 0.2) is 12.2 Å². The molecule has 0 unspecified atom stereocenters. The number of nitrogens with one attached hydrogen (secondary N) is 1. The maximum absolute atomic E-state index is 12.5. The van der Waals surface area contributed by atoms with E-state index in [1.54, 1.807) is 48.5 Å². The number of carboxylic acids is 1. The first-order valence-electron chi connectivity index (χ1n) is 8.91. The maximum Gasteiger partial charge on any atom is 0.341 e. The van der Waals surface area contributed by atoms with Crippen molar-refractivity contribution in [1.82, 2.24) is 4.98 Å². The number of aliphatic carboxylic acids is 1. The summed E-state index contributed by atoms with van der Waals surface area (Å²) in [7, 11) is 0. The molecule has 0 radical (unpaired) electrons. The lowest BCUT2D eigenvalue weighted by atomic mass is 10.1. The van der Waals surface area contributed by atoms with E-state index in [1.807, 2.05) is 18.2 Å². The Hall–Kier alpha value is -3.65. The van der Waals surface area contributed by atoms with Gasteiger partial charge in [-0.05, 0) is 48.5 Å². The summed E-state index contributed by atoms with van der Waals surface area (Å²) in [5.41, 5.74) is 2.68. The van der Waals surface area contributed by atoms with Crippen LogP contribution in [0.5, 0.6) is 5.75 Å². The monoisotopic (exact) mass is 466 g/mol. The molecule has 0 saturated carbocycles. The molecule has 7 nitrogen and oxygen atoms in total. The first-order valence-corrected chi connectivity index (χ1v) is 9.70. The van der Waals surface area contributed by atoms with Crippen molar-refractivity contribution in [3.63, 3.8) is 0 Å². The van der Waals surface area contributed by atoms with E-state index in [-0.39, 0.29) is 11.7 Å². The molecule has 150 valence electrons. The summed E-state index contributed by atoms with van der Waals surface area (Å²) in [6, 6.07) is 19.1. The largest absolute Gasteiger partial charge is 0.481 e. The highest BCUT2D eigenvalue weighted by molar-refractivity contribution is 9.10. The van der Waals surface area contributed by atoms with Crippen molar-refractivity contribution >= 4 is 44.6 Å². The second-order valence-corrected chi connectivity index (χ2v) is 7.26. The number of hydrogen-bond acceptors (Lipinski definition) is 5. The minimum absolute atomic E-state index is 0.234. The van der Waals surface area contributed by atoms with Gasteiger partial charge in [-0.3, -0.25) is 4.79 Å². The van der Waals surface area contributed by atoms with E-state index in [2.05, 4.69) is 26.2 Å². The van der Waals surface area contributed by atoms with Crippen molar-refractivity contribution in [2.45, 2.75) is 0 Å². The summed E-state index contributed by atoms with van der Waals surface area (Å²) in [6.45, 7) is -0.544. The Bertz CT molecular complexity index is 1200. The lowest BCUT2D eigenvalue weighted by Gasteiger charge is -2.11. The maximum atomic E-state index is 12.5. The Morgan fingerprint density at radius 2 is 1.83 bits per heavy atom. The van der Waals surface area contributed by atoms with E-state index < -0.39 is 12.6 Å². The molecule has 1 aromatic heterocycles. The standard InChI is InChI=1S/C22H15BrN2O5/c23-14-7-5-13(6-8-14)21(28)24-15-9-10-16(19(11-15)29-12-20(26)27)22-25-17-3-1-2-4-18(17)30-22/h1-11H,12H2,(H,24,28)(H,26,27). The van der Waals surface area contributed by atoms with E-state index in [0.29, 0.717) is 33.8 Å². The average Bonchev–Trinajstić information content (AvgIpc) is 3.16. The summed E-state index contributed by atoms with van der Waals surface area (Å²) in [5.74, 6) is -0.899. The molecule has 4 rings (SSSR count). The number of rotatable bonds is 6. The van der Waals surface area contributed by atoms with E-state index in [9.17, 15) is 9.59 Å². The number of hydrogen-bond donors (Lipinski definition) is 2. The minimum atomic E-state index is -1.12. The number of carbonyl (C=O) groups is 2. The summed E-state index contributed by atoms with van der Waals surface area (Å²) < 4.78 is 12.1. The molecule has 8 heteroatoms. The highest BCUT2D eigenvalue weighted by Gasteiger charge is 2.16. The predicted molar refractivity (Wildman–Crippen MR) is 115 cm³/mol. The number of halogens is 1. The van der Waals surface area contributed by atoms with Crippen LogP contribution in [0.15, 0.2) is 75.6 Å². The molecule has 0 saturated heterocycles. The molecule has 1 amide bonds. The molecular weight excluding hydrogens is 452 g/mol. The number of carboxylic acid groups (broad SMARTS) is 1. The van der Waals surface area contributed by atoms with Crippen LogP contribution in [0.4, 0.5) is 5.69 Å². The number of carbonyl (C=O) groups excluding carboxylic acids is 1. The van der Waals surface area contributed by atoms with Crippen LogP contribution in [0.25, 0.3) is 22.6 Å². The number of amides is 1. The van der Waals surface area contributed by atoms with Crippen LogP contribution in [-0.2, 0) is 4.79 Å². The highest BCUT2D eigenvalue weighted by Crippen LogP contribution is 2.34. The fourth-order valence-electron chi connectivity index (χ4n) is 2.83. The molecule has 1 heterocycles. The van der Waals surface area contributed by atoms with Gasteiger partial charge in [-0.1, -0.05) is 28.1 Å². The summed E-state index contributed by atoms with van der Waals surface area (Å²) in [6.07, 6.45) is 0. The molecule has 0 aliphatic rings. The molecule has 2 N–H and O–H groups in total. The SMILES string of the molecule is O=C(O)COc1cc(NC(=O)c2ccc(Br)cc2)ccc1-c1nc2ccccc2o1. The second kappa shape index (κ2) is 8.38. The van der Waals surface area contributed by atoms with Gasteiger partial charge in [0.2, 0.25) is 5.89 Å². The third kappa shape index (κ3) is 4.33. The number of benzene rings is 3. The van der Waals surface area contributed by atoms with Crippen molar-refractivity contribution in [2.75, 3.05) is 11.9 Å². The van der Waals surface area contributed by atoms with Crippen molar-refractivity contribution in [2.24, 2.45) is 0 Å². The van der Waals surface area contributed by atoms with Crippen molar-refractivity contribution in [3.8, 4) is 17.2 Å². The van der Waals surface area contributed by atoms with Crippen LogP contribution in [0.2, 0.25) is 0 Å². The van der Waals surface area contributed by atoms with E-state index >= 15 is 0 Å². The molecule has 0 aliphatic carbocycles. The van der Waals surface area contributed by atoms with Gasteiger partial charge in [0.25, 0.3) is 5.91 Å². The van der Waals surface area contributed by atoms with Crippen LogP contribution in [0, 0.1) is 0 Å². The van der Waals surface area contributed by atoms with Crippen molar-refractivity contribution in [3.05, 3.63) is 76.8 Å². The Morgan fingerprint density at radius 1 is 1.07 bits per heavy atom. The lowest BCUT2D eigenvalue weighted by molar-refractivity contribution is -0.139. The van der Waals surface area contributed by atoms with E-state index in [0.717, 1.165) is 4.47 Å². The Balaban J connectivity index is 1.66. The highest BCUT2D eigenvalue weighted by atomic mass is 79.9. The van der Waals surface area contributed by atoms with Crippen molar-refractivity contribution in [1.29, 1.82) is 0 Å². The first-order chi connectivity index (χ1) is 14.5. The van der Waals surface area contributed by atoms with Crippen LogP contribution >= 0.6 is 15.9 Å². The van der Waals surface area contributed by atoms with Gasteiger partial charge >= 0.3 is 5.97 Å². The van der Waals surface area contributed by atoms with E-state index in [4.69, 9.17) is 14.3 Å². The normalized spacial score (nSPS) is 10.7. The summed E-state index contributed by atoms with van der Waals surface area (Å²) in [4.78, 5) is 27.9. The Labute approximate surface area is 179 Å². The Kier molecular flexibility index (Phi) is 5.49. The smallest absolute Gasteiger partial charge is 0.341 e. The fourth-order valence-corrected chi connectivity index (χ4v) is 3.09. The number of anilines is 1. The van der Waals surface area contributed by atoms with Gasteiger partial charge < -0.3 is 19.6 Å². The van der Waals surface area contributed by atoms with Gasteiger partial charge in [0, 0.05) is 21.8 Å². The topological polar surface area (TPSA) is 102 Å². The fraction of sp³-hybridized carbons (Fsp3) is 0.0455. The summed E-state index contributed by atoms with van der Waals surface area (Å²) in [5, 5.41) is 11.8. The van der Waals surface area contributed by atoms with Gasteiger partial charge in [0.1, 0.15) is 11.3 Å². The number of oxazole rings is 1. The third-order valence-electron chi connectivity index (χ3n) is 4.22.